The average Bonchev–Trinajstić information content (AvgIpc) is 2.72. The van der Waals surface area contributed by atoms with E-state index in [-0.39, 0.29) is 0 Å². The SMILES string of the molecule is Cc1cccc(C(CCl)C2CCCC2)c1. The normalized spacial score (nSPS) is 19.3. The molecule has 1 saturated carbocycles. The molecule has 0 N–H and O–H groups in total. The van der Waals surface area contributed by atoms with Gasteiger partial charge in [-0.25, -0.2) is 0 Å². The van der Waals surface area contributed by atoms with Crippen LogP contribution >= 0.6 is 11.6 Å². The number of aryl methyl sites for hydroxylation is 1. The van der Waals surface area contributed by atoms with Gasteiger partial charge in [-0.05, 0) is 31.2 Å². The van der Waals surface area contributed by atoms with E-state index in [1.165, 1.54) is 36.8 Å². The van der Waals surface area contributed by atoms with Crippen LogP contribution in [0.1, 0.15) is 42.7 Å². The largest absolute Gasteiger partial charge is 0.126 e. The Kier molecular flexibility index (Phi) is 3.69. The van der Waals surface area contributed by atoms with E-state index in [4.69, 9.17) is 11.6 Å². The molecule has 0 aliphatic heterocycles. The van der Waals surface area contributed by atoms with E-state index >= 15 is 0 Å². The molecule has 2 rings (SSSR count). The van der Waals surface area contributed by atoms with Crippen molar-refractivity contribution >= 4 is 11.6 Å². The van der Waals surface area contributed by atoms with Crippen molar-refractivity contribution in [3.05, 3.63) is 35.4 Å². The summed E-state index contributed by atoms with van der Waals surface area (Å²) in [6.45, 7) is 2.16. The van der Waals surface area contributed by atoms with Crippen molar-refractivity contribution in [1.29, 1.82) is 0 Å². The zero-order valence-electron chi connectivity index (χ0n) is 9.38. The number of hydrogen-bond donors (Lipinski definition) is 0. The summed E-state index contributed by atoms with van der Waals surface area (Å²) in [6.07, 6.45) is 5.52. The van der Waals surface area contributed by atoms with Crippen LogP contribution in [0, 0.1) is 12.8 Å². The maximum Gasteiger partial charge on any atom is 0.0294 e. The molecule has 1 unspecified atom stereocenters. The first kappa shape index (κ1) is 11.0. The first-order valence-corrected chi connectivity index (χ1v) is 6.47. The molecule has 0 amide bonds. The zero-order valence-corrected chi connectivity index (χ0v) is 10.1. The number of alkyl halides is 1. The van der Waals surface area contributed by atoms with Crippen LogP contribution < -0.4 is 0 Å². The Morgan fingerprint density at radius 3 is 2.67 bits per heavy atom. The van der Waals surface area contributed by atoms with Gasteiger partial charge in [0.25, 0.3) is 0 Å². The lowest BCUT2D eigenvalue weighted by Gasteiger charge is -2.21. The Balaban J connectivity index is 2.18. The first-order valence-electron chi connectivity index (χ1n) is 5.94. The lowest BCUT2D eigenvalue weighted by Crippen LogP contribution is -2.11. The predicted molar refractivity (Wildman–Crippen MR) is 66.6 cm³/mol. The fourth-order valence-corrected chi connectivity index (χ4v) is 3.18. The van der Waals surface area contributed by atoms with E-state index in [9.17, 15) is 0 Å². The van der Waals surface area contributed by atoms with Crippen molar-refractivity contribution in [2.75, 3.05) is 5.88 Å². The summed E-state index contributed by atoms with van der Waals surface area (Å²) in [5.41, 5.74) is 2.79. The first-order chi connectivity index (χ1) is 7.31. The second-order valence-corrected chi connectivity index (χ2v) is 5.03. The second kappa shape index (κ2) is 5.03. The van der Waals surface area contributed by atoms with E-state index in [2.05, 4.69) is 31.2 Å². The van der Waals surface area contributed by atoms with Gasteiger partial charge in [0.05, 0.1) is 0 Å². The molecule has 0 aromatic heterocycles. The molecular weight excluding hydrogens is 204 g/mol. The molecule has 0 nitrogen and oxygen atoms in total. The highest BCUT2D eigenvalue weighted by atomic mass is 35.5. The molecule has 1 aliphatic rings. The summed E-state index contributed by atoms with van der Waals surface area (Å²) >= 11 is 6.13. The Morgan fingerprint density at radius 1 is 1.33 bits per heavy atom. The van der Waals surface area contributed by atoms with Gasteiger partial charge in [0, 0.05) is 11.8 Å². The topological polar surface area (TPSA) is 0 Å². The highest BCUT2D eigenvalue weighted by Gasteiger charge is 2.25. The van der Waals surface area contributed by atoms with Crippen molar-refractivity contribution in [2.45, 2.75) is 38.5 Å². The minimum Gasteiger partial charge on any atom is -0.126 e. The molecule has 1 aromatic carbocycles. The van der Waals surface area contributed by atoms with E-state index in [0.29, 0.717) is 5.92 Å². The highest BCUT2D eigenvalue weighted by molar-refractivity contribution is 6.18. The molecular formula is C14H19Cl. The minimum absolute atomic E-state index is 0.578. The van der Waals surface area contributed by atoms with Gasteiger partial charge >= 0.3 is 0 Å². The molecule has 0 radical (unpaired) electrons. The van der Waals surface area contributed by atoms with Crippen LogP contribution in [0.2, 0.25) is 0 Å². The van der Waals surface area contributed by atoms with Crippen molar-refractivity contribution in [3.63, 3.8) is 0 Å². The van der Waals surface area contributed by atoms with Crippen molar-refractivity contribution in [3.8, 4) is 0 Å². The summed E-state index contributed by atoms with van der Waals surface area (Å²) < 4.78 is 0. The third kappa shape index (κ3) is 2.55. The minimum atomic E-state index is 0.578. The van der Waals surface area contributed by atoms with Gasteiger partial charge in [-0.15, -0.1) is 11.6 Å². The number of hydrogen-bond acceptors (Lipinski definition) is 0. The van der Waals surface area contributed by atoms with Gasteiger partial charge in [0.15, 0.2) is 0 Å². The van der Waals surface area contributed by atoms with Gasteiger partial charge < -0.3 is 0 Å². The summed E-state index contributed by atoms with van der Waals surface area (Å²) in [7, 11) is 0. The number of halogens is 1. The molecule has 82 valence electrons. The van der Waals surface area contributed by atoms with Crippen LogP contribution in [-0.4, -0.2) is 5.88 Å². The molecule has 1 heteroatoms. The van der Waals surface area contributed by atoms with Gasteiger partial charge in [-0.1, -0.05) is 42.7 Å². The average molecular weight is 223 g/mol. The van der Waals surface area contributed by atoms with Gasteiger partial charge in [-0.3, -0.25) is 0 Å². The number of rotatable bonds is 3. The Labute approximate surface area is 97.6 Å². The van der Waals surface area contributed by atoms with Crippen LogP contribution in [0.4, 0.5) is 0 Å². The highest BCUT2D eigenvalue weighted by Crippen LogP contribution is 2.38. The molecule has 0 bridgehead atoms. The van der Waals surface area contributed by atoms with Gasteiger partial charge in [-0.2, -0.15) is 0 Å². The van der Waals surface area contributed by atoms with Crippen molar-refractivity contribution in [1.82, 2.24) is 0 Å². The lowest BCUT2D eigenvalue weighted by atomic mass is 9.86. The fourth-order valence-electron chi connectivity index (χ4n) is 2.75. The molecule has 0 heterocycles. The molecule has 0 spiro atoms. The summed E-state index contributed by atoms with van der Waals surface area (Å²) in [6, 6.07) is 8.84. The smallest absolute Gasteiger partial charge is 0.0294 e. The van der Waals surface area contributed by atoms with Crippen LogP contribution in [0.25, 0.3) is 0 Å². The molecule has 15 heavy (non-hydrogen) atoms. The Bertz CT molecular complexity index is 313. The summed E-state index contributed by atoms with van der Waals surface area (Å²) in [5.74, 6) is 2.17. The van der Waals surface area contributed by atoms with Crippen LogP contribution in [0.3, 0.4) is 0 Å². The lowest BCUT2D eigenvalue weighted by molar-refractivity contribution is 0.464. The molecule has 1 aromatic rings. The van der Waals surface area contributed by atoms with Crippen molar-refractivity contribution < 1.29 is 0 Å². The third-order valence-corrected chi connectivity index (χ3v) is 3.94. The molecule has 1 aliphatic carbocycles. The Morgan fingerprint density at radius 2 is 2.07 bits per heavy atom. The quantitative estimate of drug-likeness (QED) is 0.661. The maximum absolute atomic E-state index is 6.13. The van der Waals surface area contributed by atoms with E-state index in [0.717, 1.165) is 11.8 Å². The Hall–Kier alpha value is -0.490. The molecule has 0 saturated heterocycles. The van der Waals surface area contributed by atoms with Crippen LogP contribution in [0.15, 0.2) is 24.3 Å². The summed E-state index contributed by atoms with van der Waals surface area (Å²) in [5, 5.41) is 0. The summed E-state index contributed by atoms with van der Waals surface area (Å²) in [4.78, 5) is 0. The molecule has 1 fully saturated rings. The standard InChI is InChI=1S/C14H19Cl/c1-11-5-4-8-13(9-11)14(10-15)12-6-2-3-7-12/h4-5,8-9,12,14H,2-3,6-7,10H2,1H3. The van der Waals surface area contributed by atoms with Crippen molar-refractivity contribution in [2.24, 2.45) is 5.92 Å². The molecule has 1 atom stereocenters. The van der Waals surface area contributed by atoms with Gasteiger partial charge in [0.1, 0.15) is 0 Å². The third-order valence-electron chi connectivity index (χ3n) is 3.61. The predicted octanol–water partition coefficient (Wildman–Crippen LogP) is 4.51. The van der Waals surface area contributed by atoms with Crippen LogP contribution in [-0.2, 0) is 0 Å². The van der Waals surface area contributed by atoms with E-state index in [1.54, 1.807) is 0 Å². The second-order valence-electron chi connectivity index (χ2n) is 4.72. The maximum atomic E-state index is 6.13. The zero-order chi connectivity index (χ0) is 10.7. The fraction of sp³-hybridized carbons (Fsp3) is 0.571. The number of benzene rings is 1. The van der Waals surface area contributed by atoms with E-state index in [1.807, 2.05) is 0 Å². The van der Waals surface area contributed by atoms with Crippen LogP contribution in [0.5, 0.6) is 0 Å². The van der Waals surface area contributed by atoms with Gasteiger partial charge in [0.2, 0.25) is 0 Å². The van der Waals surface area contributed by atoms with E-state index < -0.39 is 0 Å². The monoisotopic (exact) mass is 222 g/mol.